The Kier molecular flexibility index (Phi) is 5.00. The monoisotopic (exact) mass is 423 g/mol. The van der Waals surface area contributed by atoms with Gasteiger partial charge < -0.3 is 14.7 Å². The Hall–Kier alpha value is -1.81. The predicted molar refractivity (Wildman–Crippen MR) is 122 cm³/mol. The van der Waals surface area contributed by atoms with Gasteiger partial charge >= 0.3 is 0 Å². The minimum Gasteiger partial charge on any atom is -0.497 e. The van der Waals surface area contributed by atoms with E-state index in [0.29, 0.717) is 23.2 Å². The van der Waals surface area contributed by atoms with Gasteiger partial charge in [-0.15, -0.1) is 0 Å². The van der Waals surface area contributed by atoms with Crippen LogP contribution >= 0.6 is 0 Å². The van der Waals surface area contributed by atoms with Crippen molar-refractivity contribution in [3.05, 3.63) is 42.0 Å². The molecule has 3 fully saturated rings. The van der Waals surface area contributed by atoms with Gasteiger partial charge in [-0.05, 0) is 79.0 Å². The molecule has 4 nitrogen and oxygen atoms in total. The molecule has 4 heteroatoms. The fourth-order valence-electron chi connectivity index (χ4n) is 8.28. The minimum absolute atomic E-state index is 0.0122. The van der Waals surface area contributed by atoms with E-state index in [1.54, 1.807) is 13.2 Å². The Morgan fingerprint density at radius 3 is 2.77 bits per heavy atom. The molecule has 1 N–H and O–H groups in total. The maximum atomic E-state index is 12.7. The summed E-state index contributed by atoms with van der Waals surface area (Å²) in [5.41, 5.74) is 1.44. The molecule has 1 aromatic rings. The van der Waals surface area contributed by atoms with Gasteiger partial charge in [0.2, 0.25) is 5.91 Å². The smallest absolute Gasteiger partial charge is 0.246 e. The molecule has 8 atom stereocenters. The third-order valence-electron chi connectivity index (χ3n) is 9.74. The summed E-state index contributed by atoms with van der Waals surface area (Å²) in [6.07, 6.45) is 10.6. The molecule has 4 aliphatic rings. The minimum atomic E-state index is -0.390. The van der Waals surface area contributed by atoms with Crippen molar-refractivity contribution >= 4 is 5.91 Å². The molecule has 0 radical (unpaired) electrons. The lowest BCUT2D eigenvalue weighted by Crippen LogP contribution is -2.67. The van der Waals surface area contributed by atoms with E-state index < -0.39 is 6.10 Å². The standard InChI is InChI=1S/C27H37NO3/c1-26-12-6-9-20(26)23-21(10-13-26)27(2)14-11-22(29)28(3)25(27)19(24(23)30)16-17-7-5-8-18(15-17)31-4/h5,7-8,11,14-15,19-21,23-25,30H,6,9-10,12-13,16H2,1-4H3/t19?,20-,21+,23-,24?,25?,26-,27+/m0/s1. The molecular weight excluding hydrogens is 386 g/mol. The lowest BCUT2D eigenvalue weighted by molar-refractivity contribution is -0.176. The van der Waals surface area contributed by atoms with Crippen LogP contribution in [0.2, 0.25) is 0 Å². The van der Waals surface area contributed by atoms with Gasteiger partial charge in [-0.3, -0.25) is 4.79 Å². The Bertz CT molecular complexity index is 896. The van der Waals surface area contributed by atoms with Crippen LogP contribution in [0.3, 0.4) is 0 Å². The number of nitrogens with zero attached hydrogens (tertiary/aromatic N) is 1. The van der Waals surface area contributed by atoms with Crippen LogP contribution in [0.4, 0.5) is 0 Å². The van der Waals surface area contributed by atoms with E-state index in [1.807, 2.05) is 24.1 Å². The molecule has 0 saturated heterocycles. The maximum absolute atomic E-state index is 12.7. The van der Waals surface area contributed by atoms with Crippen LogP contribution in [0.15, 0.2) is 36.4 Å². The van der Waals surface area contributed by atoms with Crippen molar-refractivity contribution < 1.29 is 14.6 Å². The number of likely N-dealkylation sites (N-methyl/N-ethyl adjacent to an activating group) is 1. The van der Waals surface area contributed by atoms with Gasteiger partial charge in [0.1, 0.15) is 5.75 Å². The number of ether oxygens (including phenoxy) is 1. The third kappa shape index (κ3) is 3.08. The molecule has 0 bridgehead atoms. The predicted octanol–water partition coefficient (Wildman–Crippen LogP) is 4.46. The van der Waals surface area contributed by atoms with Crippen LogP contribution in [0.25, 0.3) is 0 Å². The summed E-state index contributed by atoms with van der Waals surface area (Å²) in [7, 11) is 3.63. The van der Waals surface area contributed by atoms with E-state index >= 15 is 0 Å². The zero-order chi connectivity index (χ0) is 22.0. The van der Waals surface area contributed by atoms with Gasteiger partial charge in [-0.25, -0.2) is 0 Å². The van der Waals surface area contributed by atoms with Gasteiger partial charge in [-0.1, -0.05) is 38.5 Å². The first-order chi connectivity index (χ1) is 14.8. The van der Waals surface area contributed by atoms with Crippen molar-refractivity contribution in [2.24, 2.45) is 34.5 Å². The normalized spacial score (nSPS) is 43.9. The number of rotatable bonds is 3. The number of aliphatic hydroxyl groups excluding tert-OH is 1. The molecule has 1 heterocycles. The van der Waals surface area contributed by atoms with Crippen LogP contribution in [0.5, 0.6) is 5.75 Å². The summed E-state index contributed by atoms with van der Waals surface area (Å²) in [5.74, 6) is 2.24. The number of hydrogen-bond acceptors (Lipinski definition) is 3. The second kappa shape index (κ2) is 7.37. The number of carbonyl (C=O) groups is 1. The largest absolute Gasteiger partial charge is 0.497 e. The van der Waals surface area contributed by atoms with Crippen LogP contribution < -0.4 is 4.74 Å². The molecule has 3 unspecified atom stereocenters. The summed E-state index contributed by atoms with van der Waals surface area (Å²) in [5, 5.41) is 12.0. The Morgan fingerprint density at radius 2 is 2.00 bits per heavy atom. The van der Waals surface area contributed by atoms with E-state index in [2.05, 4.69) is 32.1 Å². The first-order valence-corrected chi connectivity index (χ1v) is 12.1. The van der Waals surface area contributed by atoms with Crippen LogP contribution in [0.1, 0.15) is 51.5 Å². The Balaban J connectivity index is 1.58. The topological polar surface area (TPSA) is 49.8 Å². The van der Waals surface area contributed by atoms with Gasteiger partial charge in [0.05, 0.1) is 13.2 Å². The van der Waals surface area contributed by atoms with Crippen LogP contribution in [-0.4, -0.2) is 42.2 Å². The summed E-state index contributed by atoms with van der Waals surface area (Å²) in [6.45, 7) is 4.82. The van der Waals surface area contributed by atoms with E-state index in [9.17, 15) is 9.90 Å². The number of methoxy groups -OCH3 is 1. The van der Waals surface area contributed by atoms with Crippen LogP contribution in [-0.2, 0) is 11.2 Å². The highest BCUT2D eigenvalue weighted by Gasteiger charge is 2.63. The second-order valence-corrected chi connectivity index (χ2v) is 11.2. The lowest BCUT2D eigenvalue weighted by Gasteiger charge is -2.63. The van der Waals surface area contributed by atoms with Gasteiger partial charge in [0.15, 0.2) is 0 Å². The average Bonchev–Trinajstić information content (AvgIpc) is 3.16. The molecule has 1 amide bonds. The molecule has 1 aromatic carbocycles. The number of aliphatic hydroxyl groups is 1. The number of benzene rings is 1. The number of fused-ring (bicyclic) bond motifs is 5. The zero-order valence-electron chi connectivity index (χ0n) is 19.4. The SMILES string of the molecule is COc1cccc(CC2C(O)[C@@H]3[C@@H](CC[C@]4(C)CCC[C@@H]34)[C@@]3(C)C=CC(=O)N(C)C23)c1. The molecule has 168 valence electrons. The van der Waals surface area contributed by atoms with E-state index in [0.717, 1.165) is 18.6 Å². The Morgan fingerprint density at radius 1 is 1.19 bits per heavy atom. The number of carbonyl (C=O) groups excluding carboxylic acids is 1. The lowest BCUT2D eigenvalue weighted by atomic mass is 9.45. The maximum Gasteiger partial charge on any atom is 0.246 e. The highest BCUT2D eigenvalue weighted by Crippen LogP contribution is 2.65. The molecule has 3 saturated carbocycles. The van der Waals surface area contributed by atoms with E-state index in [1.165, 1.54) is 31.2 Å². The van der Waals surface area contributed by atoms with Crippen LogP contribution in [0, 0.1) is 34.5 Å². The highest BCUT2D eigenvalue weighted by molar-refractivity contribution is 5.89. The molecular formula is C27H37NO3. The van der Waals surface area contributed by atoms with Crippen molar-refractivity contribution in [1.82, 2.24) is 4.90 Å². The summed E-state index contributed by atoms with van der Waals surface area (Å²) >= 11 is 0. The number of amides is 1. The summed E-state index contributed by atoms with van der Waals surface area (Å²) in [4.78, 5) is 14.7. The zero-order valence-corrected chi connectivity index (χ0v) is 19.4. The Labute approximate surface area is 186 Å². The van der Waals surface area contributed by atoms with Gasteiger partial charge in [0.25, 0.3) is 0 Å². The van der Waals surface area contributed by atoms with Crippen molar-refractivity contribution in [2.75, 3.05) is 14.2 Å². The van der Waals surface area contributed by atoms with E-state index in [4.69, 9.17) is 4.74 Å². The van der Waals surface area contributed by atoms with E-state index in [-0.39, 0.29) is 23.3 Å². The quantitative estimate of drug-likeness (QED) is 0.781. The molecule has 1 aliphatic heterocycles. The molecule has 31 heavy (non-hydrogen) atoms. The second-order valence-electron chi connectivity index (χ2n) is 11.2. The number of hydrogen-bond donors (Lipinski definition) is 1. The van der Waals surface area contributed by atoms with Crippen molar-refractivity contribution in [1.29, 1.82) is 0 Å². The van der Waals surface area contributed by atoms with Crippen molar-refractivity contribution in [3.63, 3.8) is 0 Å². The van der Waals surface area contributed by atoms with Gasteiger partial charge in [-0.2, -0.15) is 0 Å². The highest BCUT2D eigenvalue weighted by atomic mass is 16.5. The fraction of sp³-hybridized carbons (Fsp3) is 0.667. The fourth-order valence-corrected chi connectivity index (χ4v) is 8.28. The third-order valence-corrected chi connectivity index (χ3v) is 9.74. The molecule has 0 aromatic heterocycles. The van der Waals surface area contributed by atoms with Crippen molar-refractivity contribution in [3.8, 4) is 5.75 Å². The molecule has 3 aliphatic carbocycles. The summed E-state index contributed by atoms with van der Waals surface area (Å²) in [6, 6.07) is 8.20. The summed E-state index contributed by atoms with van der Waals surface area (Å²) < 4.78 is 5.45. The van der Waals surface area contributed by atoms with Gasteiger partial charge in [0, 0.05) is 24.4 Å². The molecule has 0 spiro atoms. The first-order valence-electron chi connectivity index (χ1n) is 12.1. The molecule has 5 rings (SSSR count). The first kappa shape index (κ1) is 21.1. The van der Waals surface area contributed by atoms with Crippen molar-refractivity contribution in [2.45, 2.75) is 64.5 Å². The average molecular weight is 424 g/mol.